The van der Waals surface area contributed by atoms with Gasteiger partial charge in [-0.2, -0.15) is 0 Å². The van der Waals surface area contributed by atoms with Gasteiger partial charge >= 0.3 is 0 Å². The quantitative estimate of drug-likeness (QED) is 0.651. The number of aromatic nitrogens is 2. The number of hydrogen-bond acceptors (Lipinski definition) is 7. The molecule has 0 bridgehead atoms. The maximum atomic E-state index is 11.5. The first kappa shape index (κ1) is 16.7. The summed E-state index contributed by atoms with van der Waals surface area (Å²) in [4.78, 5) is 7.99. The van der Waals surface area contributed by atoms with Crippen LogP contribution in [0.3, 0.4) is 0 Å². The van der Waals surface area contributed by atoms with E-state index in [2.05, 4.69) is 9.97 Å². The maximum absolute atomic E-state index is 11.5. The van der Waals surface area contributed by atoms with Crippen molar-refractivity contribution in [2.24, 2.45) is 0 Å². The highest BCUT2D eigenvalue weighted by Gasteiger charge is 2.25. The van der Waals surface area contributed by atoms with E-state index in [1.807, 2.05) is 13.0 Å². The Bertz CT molecular complexity index is 1100. The average Bonchev–Trinajstić information content (AvgIpc) is 2.60. The normalized spacial score (nSPS) is 16.6. The summed E-state index contributed by atoms with van der Waals surface area (Å²) in [5.74, 6) is 1.11. The predicted molar refractivity (Wildman–Crippen MR) is 92.3 cm³/mol. The minimum atomic E-state index is -4.56. The number of rotatable bonds is 3. The first-order valence-corrected chi connectivity index (χ1v) is 9.40. The molecule has 26 heavy (non-hydrogen) atoms. The second kappa shape index (κ2) is 6.22. The molecule has 0 saturated heterocycles. The van der Waals surface area contributed by atoms with Gasteiger partial charge in [-0.15, -0.1) is 0 Å². The predicted octanol–water partition coefficient (Wildman–Crippen LogP) is 2.22. The summed E-state index contributed by atoms with van der Waals surface area (Å²) in [6.07, 6.45) is 2.90. The fourth-order valence-corrected chi connectivity index (χ4v) is 3.78. The molecule has 0 saturated carbocycles. The molecule has 0 aliphatic carbocycles. The van der Waals surface area contributed by atoms with Crippen LogP contribution in [0.15, 0.2) is 47.8 Å². The van der Waals surface area contributed by atoms with Crippen molar-refractivity contribution in [2.45, 2.75) is 24.3 Å². The van der Waals surface area contributed by atoms with Gasteiger partial charge in [0, 0.05) is 12.6 Å². The first-order chi connectivity index (χ1) is 12.4. The topological polar surface area (TPSA) is 101 Å². The van der Waals surface area contributed by atoms with Crippen LogP contribution in [0.5, 0.6) is 11.5 Å². The number of benzene rings is 2. The van der Waals surface area contributed by atoms with E-state index in [-0.39, 0.29) is 17.9 Å². The van der Waals surface area contributed by atoms with Crippen molar-refractivity contribution in [3.8, 4) is 11.5 Å². The molecule has 1 aliphatic heterocycles. The van der Waals surface area contributed by atoms with Crippen LogP contribution in [0.25, 0.3) is 10.9 Å². The van der Waals surface area contributed by atoms with Crippen LogP contribution >= 0.6 is 0 Å². The van der Waals surface area contributed by atoms with E-state index >= 15 is 0 Å². The van der Waals surface area contributed by atoms with Crippen LogP contribution in [0, 0.1) is 6.92 Å². The zero-order chi connectivity index (χ0) is 18.3. The van der Waals surface area contributed by atoms with Gasteiger partial charge in [0.05, 0.1) is 15.8 Å². The van der Waals surface area contributed by atoms with Gasteiger partial charge in [-0.25, -0.2) is 18.4 Å². The molecule has 0 radical (unpaired) electrons. The number of fused-ring (bicyclic) bond motifs is 3. The first-order valence-electron chi connectivity index (χ1n) is 7.99. The molecule has 4 rings (SSSR count). The molecule has 8 heteroatoms. The van der Waals surface area contributed by atoms with Crippen molar-refractivity contribution >= 4 is 21.0 Å². The van der Waals surface area contributed by atoms with E-state index in [0.717, 1.165) is 16.5 Å². The summed E-state index contributed by atoms with van der Waals surface area (Å²) in [7, 11) is -4.56. The molecule has 1 aromatic heterocycles. The van der Waals surface area contributed by atoms with Crippen LogP contribution in [0.4, 0.5) is 0 Å². The van der Waals surface area contributed by atoms with Crippen LogP contribution < -0.4 is 9.47 Å². The SMILES string of the molecule is Cc1ccc(S(=O)(=O)[O-])c(CC2COc3ccc4ncncc4c3O2)c1. The molecule has 1 atom stereocenters. The summed E-state index contributed by atoms with van der Waals surface area (Å²) in [5.41, 5.74) is 2.01. The van der Waals surface area contributed by atoms with Crippen molar-refractivity contribution in [1.29, 1.82) is 0 Å². The minimum Gasteiger partial charge on any atom is -0.744 e. The molecule has 0 amide bonds. The van der Waals surface area contributed by atoms with Gasteiger partial charge < -0.3 is 14.0 Å². The Morgan fingerprint density at radius 1 is 1.27 bits per heavy atom. The Morgan fingerprint density at radius 3 is 2.92 bits per heavy atom. The summed E-state index contributed by atoms with van der Waals surface area (Å²) < 4.78 is 46.4. The van der Waals surface area contributed by atoms with Gasteiger partial charge in [-0.3, -0.25) is 0 Å². The Kier molecular flexibility index (Phi) is 4.01. The zero-order valence-corrected chi connectivity index (χ0v) is 14.7. The number of hydrogen-bond donors (Lipinski definition) is 0. The molecule has 3 aromatic rings. The lowest BCUT2D eigenvalue weighted by Crippen LogP contribution is -2.31. The summed E-state index contributed by atoms with van der Waals surface area (Å²) >= 11 is 0. The van der Waals surface area contributed by atoms with Crippen molar-refractivity contribution in [2.75, 3.05) is 6.61 Å². The molecule has 0 fully saturated rings. The molecule has 2 heterocycles. The fraction of sp³-hybridized carbons (Fsp3) is 0.222. The van der Waals surface area contributed by atoms with Gasteiger partial charge in [0.25, 0.3) is 0 Å². The molecule has 7 nitrogen and oxygen atoms in total. The third-order valence-corrected chi connectivity index (χ3v) is 5.18. The third-order valence-electron chi connectivity index (χ3n) is 4.25. The summed E-state index contributed by atoms with van der Waals surface area (Å²) in [6.45, 7) is 2.08. The average molecular weight is 371 g/mol. The highest BCUT2D eigenvalue weighted by Crippen LogP contribution is 2.38. The lowest BCUT2D eigenvalue weighted by atomic mass is 10.0. The van der Waals surface area contributed by atoms with Gasteiger partial charge in [-0.1, -0.05) is 17.7 Å². The lowest BCUT2D eigenvalue weighted by molar-refractivity contribution is 0.0928. The van der Waals surface area contributed by atoms with Gasteiger partial charge in [0.1, 0.15) is 29.2 Å². The molecular formula is C18H15N2O5S-. The van der Waals surface area contributed by atoms with E-state index in [1.165, 1.54) is 12.4 Å². The van der Waals surface area contributed by atoms with Gasteiger partial charge in [0.2, 0.25) is 0 Å². The molecular weight excluding hydrogens is 356 g/mol. The van der Waals surface area contributed by atoms with Gasteiger partial charge in [0.15, 0.2) is 11.5 Å². The molecule has 0 spiro atoms. The van der Waals surface area contributed by atoms with E-state index in [0.29, 0.717) is 17.1 Å². The monoisotopic (exact) mass is 371 g/mol. The fourth-order valence-electron chi connectivity index (χ4n) is 3.09. The summed E-state index contributed by atoms with van der Waals surface area (Å²) in [5, 5.41) is 0.718. The second-order valence-electron chi connectivity index (χ2n) is 6.17. The van der Waals surface area contributed by atoms with Crippen molar-refractivity contribution in [3.63, 3.8) is 0 Å². The van der Waals surface area contributed by atoms with Crippen molar-refractivity contribution in [1.82, 2.24) is 9.97 Å². The summed E-state index contributed by atoms with van der Waals surface area (Å²) in [6, 6.07) is 8.24. The van der Waals surface area contributed by atoms with Crippen LogP contribution in [0.1, 0.15) is 11.1 Å². The van der Waals surface area contributed by atoms with E-state index in [4.69, 9.17) is 9.47 Å². The zero-order valence-electron chi connectivity index (χ0n) is 13.9. The standard InChI is InChI=1S/C18H16N2O5S/c1-11-2-5-17(26(21,22)23)12(6-11)7-13-9-24-16-4-3-15-14(18(16)25-13)8-19-10-20-15/h2-6,8,10,13H,7,9H2,1H3,(H,21,22,23)/p-1. The van der Waals surface area contributed by atoms with Crippen LogP contribution in [-0.4, -0.2) is 35.6 Å². The second-order valence-corrected chi connectivity index (χ2v) is 7.52. The Morgan fingerprint density at radius 2 is 2.12 bits per heavy atom. The molecule has 1 unspecified atom stereocenters. The Balaban J connectivity index is 1.69. The van der Waals surface area contributed by atoms with Gasteiger partial charge in [-0.05, 0) is 30.7 Å². The number of aryl methyl sites for hydroxylation is 1. The lowest BCUT2D eigenvalue weighted by Gasteiger charge is -2.28. The van der Waals surface area contributed by atoms with Crippen molar-refractivity contribution < 1.29 is 22.4 Å². The van der Waals surface area contributed by atoms with Crippen LogP contribution in [0.2, 0.25) is 0 Å². The molecule has 134 valence electrons. The smallest absolute Gasteiger partial charge is 0.172 e. The minimum absolute atomic E-state index is 0.223. The maximum Gasteiger partial charge on any atom is 0.172 e. The third kappa shape index (κ3) is 3.09. The van der Waals surface area contributed by atoms with E-state index in [1.54, 1.807) is 24.4 Å². The molecule has 0 N–H and O–H groups in total. The van der Waals surface area contributed by atoms with E-state index < -0.39 is 16.2 Å². The number of nitrogens with zero attached hydrogens (tertiary/aromatic N) is 2. The Hall–Kier alpha value is -2.71. The highest BCUT2D eigenvalue weighted by atomic mass is 32.2. The van der Waals surface area contributed by atoms with E-state index in [9.17, 15) is 13.0 Å². The molecule has 1 aliphatic rings. The highest BCUT2D eigenvalue weighted by molar-refractivity contribution is 7.85. The molecule has 2 aromatic carbocycles. The number of ether oxygens (including phenoxy) is 2. The Labute approximate surface area is 150 Å². The van der Waals surface area contributed by atoms with Crippen LogP contribution in [-0.2, 0) is 16.5 Å². The van der Waals surface area contributed by atoms with Crippen molar-refractivity contribution in [3.05, 3.63) is 54.0 Å². The largest absolute Gasteiger partial charge is 0.744 e.